The molecular formula is C15H24N2. The van der Waals surface area contributed by atoms with Crippen LogP contribution in [0.3, 0.4) is 0 Å². The van der Waals surface area contributed by atoms with Crippen molar-refractivity contribution < 1.29 is 0 Å². The fourth-order valence-electron chi connectivity index (χ4n) is 1.80. The molecule has 2 heteroatoms. The second-order valence-electron chi connectivity index (χ2n) is 4.38. The van der Waals surface area contributed by atoms with Crippen molar-refractivity contribution in [1.82, 2.24) is 0 Å². The van der Waals surface area contributed by atoms with Crippen molar-refractivity contribution >= 4 is 11.8 Å². The monoisotopic (exact) mass is 232 g/mol. The van der Waals surface area contributed by atoms with Gasteiger partial charge >= 0.3 is 0 Å². The predicted octanol–water partition coefficient (Wildman–Crippen LogP) is 3.28. The van der Waals surface area contributed by atoms with Crippen LogP contribution >= 0.6 is 0 Å². The molecule has 1 aromatic rings. The van der Waals surface area contributed by atoms with Gasteiger partial charge in [0.1, 0.15) is 0 Å². The van der Waals surface area contributed by atoms with Crippen molar-refractivity contribution in [3.8, 4) is 0 Å². The lowest BCUT2D eigenvalue weighted by molar-refractivity contribution is 0.759. The van der Waals surface area contributed by atoms with Gasteiger partial charge in [0.25, 0.3) is 0 Å². The molecule has 0 saturated carbocycles. The largest absolute Gasteiger partial charge is 0.372 e. The standard InChI is InChI=1S/C15H24N2/c1-4-17(5-2)15-11-9-14(10-12-15)8-6-7-13(3)16/h6,8-13H,4-5,7,16H2,1-3H3/b8-6+. The lowest BCUT2D eigenvalue weighted by Gasteiger charge is -2.20. The minimum Gasteiger partial charge on any atom is -0.372 e. The van der Waals surface area contributed by atoms with E-state index in [2.05, 4.69) is 55.2 Å². The van der Waals surface area contributed by atoms with Crippen LogP contribution in [-0.4, -0.2) is 19.1 Å². The highest BCUT2D eigenvalue weighted by Gasteiger charge is 1.99. The van der Waals surface area contributed by atoms with Gasteiger partial charge in [-0.1, -0.05) is 24.3 Å². The Morgan fingerprint density at radius 3 is 2.24 bits per heavy atom. The maximum Gasteiger partial charge on any atom is 0.0366 e. The molecule has 0 aromatic heterocycles. The van der Waals surface area contributed by atoms with Crippen molar-refractivity contribution in [2.75, 3.05) is 18.0 Å². The molecule has 17 heavy (non-hydrogen) atoms. The molecule has 0 aliphatic carbocycles. The molecule has 0 heterocycles. The van der Waals surface area contributed by atoms with Crippen molar-refractivity contribution in [2.24, 2.45) is 5.73 Å². The maximum absolute atomic E-state index is 5.70. The molecule has 2 N–H and O–H groups in total. The number of hydrogen-bond donors (Lipinski definition) is 1. The van der Waals surface area contributed by atoms with Crippen LogP contribution in [0.25, 0.3) is 6.08 Å². The van der Waals surface area contributed by atoms with Crippen LogP contribution < -0.4 is 10.6 Å². The van der Waals surface area contributed by atoms with E-state index in [4.69, 9.17) is 5.73 Å². The molecular weight excluding hydrogens is 208 g/mol. The summed E-state index contributed by atoms with van der Waals surface area (Å²) in [5.74, 6) is 0. The first-order valence-electron chi connectivity index (χ1n) is 6.44. The highest BCUT2D eigenvalue weighted by atomic mass is 15.1. The summed E-state index contributed by atoms with van der Waals surface area (Å²) in [5.41, 5.74) is 8.23. The Balaban J connectivity index is 2.64. The fraction of sp³-hybridized carbons (Fsp3) is 0.467. The third-order valence-electron chi connectivity index (χ3n) is 2.84. The predicted molar refractivity (Wildman–Crippen MR) is 77.3 cm³/mol. The lowest BCUT2D eigenvalue weighted by atomic mass is 10.1. The Bertz CT molecular complexity index is 334. The summed E-state index contributed by atoms with van der Waals surface area (Å²) in [6.45, 7) is 8.49. The fourth-order valence-corrected chi connectivity index (χ4v) is 1.80. The van der Waals surface area contributed by atoms with Gasteiger partial charge in [-0.15, -0.1) is 0 Å². The van der Waals surface area contributed by atoms with Gasteiger partial charge in [-0.25, -0.2) is 0 Å². The first-order valence-corrected chi connectivity index (χ1v) is 6.44. The molecule has 94 valence electrons. The first-order chi connectivity index (χ1) is 8.17. The summed E-state index contributed by atoms with van der Waals surface area (Å²) in [6.07, 6.45) is 5.20. The van der Waals surface area contributed by atoms with Crippen molar-refractivity contribution in [2.45, 2.75) is 33.2 Å². The molecule has 0 aliphatic heterocycles. The second-order valence-corrected chi connectivity index (χ2v) is 4.38. The van der Waals surface area contributed by atoms with Crippen LogP contribution in [0, 0.1) is 0 Å². The zero-order chi connectivity index (χ0) is 12.7. The Kier molecular flexibility index (Phi) is 5.78. The van der Waals surface area contributed by atoms with Gasteiger partial charge in [0.15, 0.2) is 0 Å². The summed E-state index contributed by atoms with van der Waals surface area (Å²) in [4.78, 5) is 2.34. The molecule has 1 unspecified atom stereocenters. The number of benzene rings is 1. The molecule has 0 saturated heterocycles. The van der Waals surface area contributed by atoms with Gasteiger partial charge < -0.3 is 10.6 Å². The minimum absolute atomic E-state index is 0.237. The van der Waals surface area contributed by atoms with Gasteiger partial charge in [-0.05, 0) is 44.9 Å². The number of rotatable bonds is 6. The topological polar surface area (TPSA) is 29.3 Å². The molecule has 0 spiro atoms. The molecule has 0 fully saturated rings. The molecule has 0 radical (unpaired) electrons. The van der Waals surface area contributed by atoms with Gasteiger partial charge in [0.2, 0.25) is 0 Å². The molecule has 0 bridgehead atoms. The quantitative estimate of drug-likeness (QED) is 0.815. The highest BCUT2D eigenvalue weighted by molar-refractivity contribution is 5.55. The Morgan fingerprint density at radius 1 is 1.18 bits per heavy atom. The van der Waals surface area contributed by atoms with E-state index < -0.39 is 0 Å². The summed E-state index contributed by atoms with van der Waals surface area (Å²) in [6, 6.07) is 8.91. The third-order valence-corrected chi connectivity index (χ3v) is 2.84. The molecule has 0 aliphatic rings. The van der Waals surface area contributed by atoms with E-state index in [0.717, 1.165) is 19.5 Å². The van der Waals surface area contributed by atoms with Gasteiger partial charge in [-0.2, -0.15) is 0 Å². The number of nitrogens with two attached hydrogens (primary N) is 1. The Labute approximate surface area is 105 Å². The van der Waals surface area contributed by atoms with E-state index in [1.54, 1.807) is 0 Å². The van der Waals surface area contributed by atoms with E-state index in [1.807, 2.05) is 6.92 Å². The SMILES string of the molecule is CCN(CC)c1ccc(/C=C/CC(C)N)cc1. The van der Waals surface area contributed by atoms with Crippen LogP contribution in [0.4, 0.5) is 5.69 Å². The normalized spacial score (nSPS) is 12.9. The summed E-state index contributed by atoms with van der Waals surface area (Å²) < 4.78 is 0. The second kappa shape index (κ2) is 7.13. The van der Waals surface area contributed by atoms with Crippen LogP contribution in [0.5, 0.6) is 0 Å². The first kappa shape index (κ1) is 13.8. The average Bonchev–Trinajstić information content (AvgIpc) is 2.32. The van der Waals surface area contributed by atoms with E-state index >= 15 is 0 Å². The molecule has 0 amide bonds. The lowest BCUT2D eigenvalue weighted by Crippen LogP contribution is -2.21. The molecule has 2 nitrogen and oxygen atoms in total. The zero-order valence-corrected chi connectivity index (χ0v) is 11.2. The van der Waals surface area contributed by atoms with Crippen LogP contribution in [-0.2, 0) is 0 Å². The molecule has 1 aromatic carbocycles. The maximum atomic E-state index is 5.70. The summed E-state index contributed by atoms with van der Waals surface area (Å²) in [5, 5.41) is 0. The summed E-state index contributed by atoms with van der Waals surface area (Å²) in [7, 11) is 0. The number of anilines is 1. The third kappa shape index (κ3) is 4.61. The van der Waals surface area contributed by atoms with Gasteiger partial charge in [-0.3, -0.25) is 0 Å². The Hall–Kier alpha value is -1.28. The highest BCUT2D eigenvalue weighted by Crippen LogP contribution is 2.15. The van der Waals surface area contributed by atoms with Crippen molar-refractivity contribution in [1.29, 1.82) is 0 Å². The van der Waals surface area contributed by atoms with E-state index in [0.29, 0.717) is 0 Å². The summed E-state index contributed by atoms with van der Waals surface area (Å²) >= 11 is 0. The van der Waals surface area contributed by atoms with Crippen LogP contribution in [0.1, 0.15) is 32.8 Å². The van der Waals surface area contributed by atoms with Crippen LogP contribution in [0.15, 0.2) is 30.3 Å². The smallest absolute Gasteiger partial charge is 0.0366 e. The van der Waals surface area contributed by atoms with Crippen molar-refractivity contribution in [3.05, 3.63) is 35.9 Å². The van der Waals surface area contributed by atoms with E-state index in [1.165, 1.54) is 11.3 Å². The Morgan fingerprint density at radius 2 is 1.76 bits per heavy atom. The number of nitrogens with zero attached hydrogens (tertiary/aromatic N) is 1. The van der Waals surface area contributed by atoms with E-state index in [9.17, 15) is 0 Å². The minimum atomic E-state index is 0.237. The zero-order valence-electron chi connectivity index (χ0n) is 11.2. The van der Waals surface area contributed by atoms with Gasteiger partial charge in [0.05, 0.1) is 0 Å². The average molecular weight is 232 g/mol. The van der Waals surface area contributed by atoms with E-state index in [-0.39, 0.29) is 6.04 Å². The van der Waals surface area contributed by atoms with Crippen LogP contribution in [0.2, 0.25) is 0 Å². The molecule has 1 atom stereocenters. The molecule has 1 rings (SSSR count). The van der Waals surface area contributed by atoms with Crippen molar-refractivity contribution in [3.63, 3.8) is 0 Å². The van der Waals surface area contributed by atoms with Gasteiger partial charge in [0, 0.05) is 24.8 Å². The number of hydrogen-bond acceptors (Lipinski definition) is 2.